The SMILES string of the molecule is Cc1cc(NC(=O)COC(=O)CCCNC(=O)OC(C)(C)C)c([N+](=O)[O-])cc1C. The van der Waals surface area contributed by atoms with Crippen LogP contribution in [0, 0.1) is 24.0 Å². The lowest BCUT2D eigenvalue weighted by atomic mass is 10.1. The molecule has 1 rings (SSSR count). The number of hydrogen-bond acceptors (Lipinski definition) is 7. The number of rotatable bonds is 8. The van der Waals surface area contributed by atoms with Crippen LogP contribution in [-0.4, -0.2) is 41.6 Å². The molecule has 10 nitrogen and oxygen atoms in total. The fourth-order valence-electron chi connectivity index (χ4n) is 2.19. The van der Waals surface area contributed by atoms with Gasteiger partial charge in [-0.05, 0) is 58.2 Å². The summed E-state index contributed by atoms with van der Waals surface area (Å²) < 4.78 is 9.91. The second-order valence-electron chi connectivity index (χ2n) is 7.45. The number of amides is 2. The summed E-state index contributed by atoms with van der Waals surface area (Å²) in [5.74, 6) is -1.31. The molecule has 0 radical (unpaired) electrons. The van der Waals surface area contributed by atoms with Crippen molar-refractivity contribution in [3.63, 3.8) is 0 Å². The summed E-state index contributed by atoms with van der Waals surface area (Å²) in [7, 11) is 0. The molecule has 10 heteroatoms. The highest BCUT2D eigenvalue weighted by atomic mass is 16.6. The van der Waals surface area contributed by atoms with Gasteiger partial charge in [0.1, 0.15) is 11.3 Å². The summed E-state index contributed by atoms with van der Waals surface area (Å²) in [5.41, 5.74) is 0.699. The Morgan fingerprint density at radius 2 is 1.76 bits per heavy atom. The summed E-state index contributed by atoms with van der Waals surface area (Å²) >= 11 is 0. The predicted molar refractivity (Wildman–Crippen MR) is 106 cm³/mol. The van der Waals surface area contributed by atoms with Crippen molar-refractivity contribution >= 4 is 29.3 Å². The van der Waals surface area contributed by atoms with E-state index in [2.05, 4.69) is 10.6 Å². The van der Waals surface area contributed by atoms with Crippen molar-refractivity contribution in [3.8, 4) is 0 Å². The Kier molecular flexibility index (Phi) is 8.56. The number of carbonyl (C=O) groups is 3. The summed E-state index contributed by atoms with van der Waals surface area (Å²) in [6.07, 6.45) is -0.282. The predicted octanol–water partition coefficient (Wildman–Crippen LogP) is 3.00. The van der Waals surface area contributed by atoms with Crippen molar-refractivity contribution in [3.05, 3.63) is 33.4 Å². The molecule has 0 bridgehead atoms. The van der Waals surface area contributed by atoms with Gasteiger partial charge in [0.15, 0.2) is 6.61 Å². The van der Waals surface area contributed by atoms with Crippen LogP contribution < -0.4 is 10.6 Å². The van der Waals surface area contributed by atoms with Gasteiger partial charge in [-0.25, -0.2) is 4.79 Å². The Balaban J connectivity index is 2.40. The Morgan fingerprint density at radius 3 is 2.34 bits per heavy atom. The molecule has 0 aliphatic rings. The Morgan fingerprint density at radius 1 is 1.14 bits per heavy atom. The zero-order chi connectivity index (χ0) is 22.2. The number of benzene rings is 1. The molecule has 160 valence electrons. The Labute approximate surface area is 169 Å². The lowest BCUT2D eigenvalue weighted by Gasteiger charge is -2.19. The third kappa shape index (κ3) is 9.04. The first-order valence-corrected chi connectivity index (χ1v) is 9.07. The smallest absolute Gasteiger partial charge is 0.407 e. The molecule has 2 amide bonds. The number of ether oxygens (including phenoxy) is 2. The van der Waals surface area contributed by atoms with Crippen molar-refractivity contribution in [2.24, 2.45) is 0 Å². The van der Waals surface area contributed by atoms with Crippen LogP contribution in [0.4, 0.5) is 16.2 Å². The number of nitrogens with one attached hydrogen (secondary N) is 2. The van der Waals surface area contributed by atoms with Gasteiger partial charge in [0.05, 0.1) is 4.92 Å². The number of nitro groups is 1. The van der Waals surface area contributed by atoms with E-state index in [9.17, 15) is 24.5 Å². The minimum Gasteiger partial charge on any atom is -0.456 e. The second kappa shape index (κ2) is 10.4. The third-order valence-electron chi connectivity index (χ3n) is 3.67. The maximum Gasteiger partial charge on any atom is 0.407 e. The molecule has 0 unspecified atom stereocenters. The molecule has 0 saturated heterocycles. The number of nitrogens with zero attached hydrogens (tertiary/aromatic N) is 1. The van der Waals surface area contributed by atoms with Gasteiger partial charge in [-0.1, -0.05) is 0 Å². The van der Waals surface area contributed by atoms with Crippen molar-refractivity contribution in [1.29, 1.82) is 0 Å². The van der Waals surface area contributed by atoms with Crippen LogP contribution in [0.2, 0.25) is 0 Å². The molecule has 0 aliphatic heterocycles. The monoisotopic (exact) mass is 409 g/mol. The third-order valence-corrected chi connectivity index (χ3v) is 3.67. The van der Waals surface area contributed by atoms with Gasteiger partial charge in [0.25, 0.3) is 11.6 Å². The van der Waals surface area contributed by atoms with Crippen LogP contribution in [0.25, 0.3) is 0 Å². The van der Waals surface area contributed by atoms with Gasteiger partial charge < -0.3 is 20.1 Å². The highest BCUT2D eigenvalue weighted by Crippen LogP contribution is 2.27. The molecule has 29 heavy (non-hydrogen) atoms. The standard InChI is InChI=1S/C19H27N3O7/c1-12-9-14(15(22(26)27)10-13(12)2)21-16(23)11-28-17(24)7-6-8-20-18(25)29-19(3,4)5/h9-10H,6-8,11H2,1-5H3,(H,20,25)(H,21,23). The van der Waals surface area contributed by atoms with Gasteiger partial charge >= 0.3 is 12.1 Å². The molecule has 0 heterocycles. The van der Waals surface area contributed by atoms with E-state index in [0.29, 0.717) is 6.42 Å². The number of hydrogen-bond donors (Lipinski definition) is 2. The average molecular weight is 409 g/mol. The lowest BCUT2D eigenvalue weighted by Crippen LogP contribution is -2.33. The molecule has 0 saturated carbocycles. The fraction of sp³-hybridized carbons (Fsp3) is 0.526. The van der Waals surface area contributed by atoms with E-state index >= 15 is 0 Å². The minimum absolute atomic E-state index is 0.00708. The van der Waals surface area contributed by atoms with Crippen molar-refractivity contribution < 1.29 is 28.8 Å². The highest BCUT2D eigenvalue weighted by molar-refractivity contribution is 5.95. The number of esters is 1. The molecular weight excluding hydrogens is 382 g/mol. The van der Waals surface area contributed by atoms with Crippen molar-refractivity contribution in [2.75, 3.05) is 18.5 Å². The number of aryl methyl sites for hydroxylation is 2. The summed E-state index contributed by atoms with van der Waals surface area (Å²) in [4.78, 5) is 45.7. The molecule has 0 aliphatic carbocycles. The van der Waals surface area contributed by atoms with E-state index in [1.807, 2.05) is 0 Å². The van der Waals surface area contributed by atoms with Gasteiger partial charge in [-0.15, -0.1) is 0 Å². The molecule has 0 atom stereocenters. The number of anilines is 1. The van der Waals surface area contributed by atoms with E-state index in [1.54, 1.807) is 34.6 Å². The number of carbonyl (C=O) groups excluding carboxylic acids is 3. The van der Waals surface area contributed by atoms with Gasteiger partial charge in [0, 0.05) is 19.0 Å². The summed E-state index contributed by atoms with van der Waals surface area (Å²) in [6.45, 7) is 8.35. The quantitative estimate of drug-likeness (QED) is 0.291. The molecular formula is C19H27N3O7. The number of nitro benzene ring substituents is 1. The summed E-state index contributed by atoms with van der Waals surface area (Å²) in [6, 6.07) is 2.87. The Hall–Kier alpha value is -3.17. The largest absolute Gasteiger partial charge is 0.456 e. The molecule has 2 N–H and O–H groups in total. The Bertz CT molecular complexity index is 785. The average Bonchev–Trinajstić information content (AvgIpc) is 2.58. The van der Waals surface area contributed by atoms with E-state index < -0.39 is 35.1 Å². The van der Waals surface area contributed by atoms with Crippen molar-refractivity contribution in [2.45, 2.75) is 53.1 Å². The molecule has 0 spiro atoms. The zero-order valence-corrected chi connectivity index (χ0v) is 17.3. The van der Waals surface area contributed by atoms with E-state index in [-0.39, 0.29) is 24.3 Å². The first-order valence-electron chi connectivity index (χ1n) is 9.07. The van der Waals surface area contributed by atoms with Crippen LogP contribution in [0.3, 0.4) is 0 Å². The fourth-order valence-corrected chi connectivity index (χ4v) is 2.19. The topological polar surface area (TPSA) is 137 Å². The molecule has 0 fully saturated rings. The van der Waals surface area contributed by atoms with E-state index in [1.165, 1.54) is 12.1 Å². The maximum absolute atomic E-state index is 12.0. The van der Waals surface area contributed by atoms with Crippen molar-refractivity contribution in [1.82, 2.24) is 5.32 Å². The van der Waals surface area contributed by atoms with Gasteiger partial charge in [0.2, 0.25) is 0 Å². The summed E-state index contributed by atoms with van der Waals surface area (Å²) in [5, 5.41) is 16.0. The van der Waals surface area contributed by atoms with Gasteiger partial charge in [-0.2, -0.15) is 0 Å². The second-order valence-corrected chi connectivity index (χ2v) is 7.45. The minimum atomic E-state index is -0.684. The molecule has 1 aromatic carbocycles. The van der Waals surface area contributed by atoms with Crippen LogP contribution in [-0.2, 0) is 19.1 Å². The normalized spacial score (nSPS) is 10.8. The van der Waals surface area contributed by atoms with Gasteiger partial charge in [-0.3, -0.25) is 19.7 Å². The number of alkyl carbamates (subject to hydrolysis) is 1. The van der Waals surface area contributed by atoms with E-state index in [4.69, 9.17) is 9.47 Å². The van der Waals surface area contributed by atoms with Crippen LogP contribution in [0.1, 0.15) is 44.7 Å². The molecule has 0 aromatic heterocycles. The van der Waals surface area contributed by atoms with E-state index in [0.717, 1.165) is 11.1 Å². The van der Waals surface area contributed by atoms with Crippen LogP contribution >= 0.6 is 0 Å². The van der Waals surface area contributed by atoms with Crippen LogP contribution in [0.5, 0.6) is 0 Å². The van der Waals surface area contributed by atoms with Crippen LogP contribution in [0.15, 0.2) is 12.1 Å². The first-order chi connectivity index (χ1) is 13.4. The first kappa shape index (κ1) is 23.9. The lowest BCUT2D eigenvalue weighted by molar-refractivity contribution is -0.384. The zero-order valence-electron chi connectivity index (χ0n) is 17.3. The maximum atomic E-state index is 12.0. The molecule has 1 aromatic rings. The highest BCUT2D eigenvalue weighted by Gasteiger charge is 2.19.